The van der Waals surface area contributed by atoms with Crippen LogP contribution in [0.25, 0.3) is 0 Å². The molecule has 2 N–H and O–H groups in total. The largest absolute Gasteiger partial charge is 0.348 e. The van der Waals surface area contributed by atoms with Crippen LogP contribution in [0.1, 0.15) is 58.2 Å². The van der Waals surface area contributed by atoms with E-state index < -0.39 is 0 Å². The SMILES string of the molecule is CC(C)(C)c1cc(C=N)ccc1CNC(=O)c1cccc(C=O)c1. The van der Waals surface area contributed by atoms with Gasteiger partial charge in [0.25, 0.3) is 5.91 Å². The molecule has 24 heavy (non-hydrogen) atoms. The third kappa shape index (κ3) is 4.16. The minimum atomic E-state index is -0.213. The van der Waals surface area contributed by atoms with Crippen molar-refractivity contribution < 1.29 is 9.59 Å². The molecule has 0 fully saturated rings. The van der Waals surface area contributed by atoms with E-state index in [0.29, 0.717) is 17.7 Å². The average molecular weight is 322 g/mol. The van der Waals surface area contributed by atoms with Gasteiger partial charge < -0.3 is 10.7 Å². The van der Waals surface area contributed by atoms with E-state index in [1.165, 1.54) is 6.21 Å². The van der Waals surface area contributed by atoms with E-state index in [4.69, 9.17) is 5.41 Å². The summed E-state index contributed by atoms with van der Waals surface area (Å²) in [5.41, 5.74) is 3.82. The molecule has 0 radical (unpaired) electrons. The van der Waals surface area contributed by atoms with E-state index in [1.807, 2.05) is 18.2 Å². The number of amides is 1. The van der Waals surface area contributed by atoms with Crippen molar-refractivity contribution >= 4 is 18.4 Å². The van der Waals surface area contributed by atoms with Crippen molar-refractivity contribution in [2.45, 2.75) is 32.7 Å². The summed E-state index contributed by atoms with van der Waals surface area (Å²) in [7, 11) is 0. The minimum absolute atomic E-state index is 0.0868. The highest BCUT2D eigenvalue weighted by atomic mass is 16.1. The third-order valence-electron chi connectivity index (χ3n) is 3.83. The van der Waals surface area contributed by atoms with Gasteiger partial charge in [0.15, 0.2) is 0 Å². The quantitative estimate of drug-likeness (QED) is 0.650. The molecular formula is C20H22N2O2. The molecule has 0 aromatic heterocycles. The van der Waals surface area contributed by atoms with Crippen molar-refractivity contribution in [3.63, 3.8) is 0 Å². The van der Waals surface area contributed by atoms with Crippen LogP contribution in [-0.4, -0.2) is 18.4 Å². The van der Waals surface area contributed by atoms with Gasteiger partial charge >= 0.3 is 0 Å². The van der Waals surface area contributed by atoms with E-state index in [2.05, 4.69) is 26.1 Å². The Morgan fingerprint density at radius 3 is 2.50 bits per heavy atom. The summed E-state index contributed by atoms with van der Waals surface area (Å²) in [6.07, 6.45) is 2.05. The predicted molar refractivity (Wildman–Crippen MR) is 96.0 cm³/mol. The molecule has 2 rings (SSSR count). The molecule has 0 aliphatic carbocycles. The Bertz CT molecular complexity index is 773. The van der Waals surface area contributed by atoms with Crippen LogP contribution in [0.2, 0.25) is 0 Å². The zero-order valence-electron chi connectivity index (χ0n) is 14.2. The molecule has 1 amide bonds. The molecule has 2 aromatic rings. The molecule has 0 heterocycles. The standard InChI is InChI=1S/C20H22N2O2/c1-20(2,3)18-10-14(11-21)7-8-17(18)12-22-19(24)16-6-4-5-15(9-16)13-23/h4-11,13,21H,12H2,1-3H3,(H,22,24). The predicted octanol–water partition coefficient (Wildman–Crippen LogP) is 3.72. The first-order valence-electron chi connectivity index (χ1n) is 7.82. The van der Waals surface area contributed by atoms with Gasteiger partial charge in [-0.3, -0.25) is 9.59 Å². The maximum Gasteiger partial charge on any atom is 0.251 e. The number of hydrogen-bond acceptors (Lipinski definition) is 3. The number of aldehydes is 1. The van der Waals surface area contributed by atoms with E-state index >= 15 is 0 Å². The lowest BCUT2D eigenvalue weighted by Crippen LogP contribution is -2.25. The Kier molecular flexibility index (Phi) is 5.29. The smallest absolute Gasteiger partial charge is 0.251 e. The van der Waals surface area contributed by atoms with Crippen molar-refractivity contribution in [3.8, 4) is 0 Å². The topological polar surface area (TPSA) is 70.0 Å². The lowest BCUT2D eigenvalue weighted by atomic mass is 9.83. The van der Waals surface area contributed by atoms with Crippen LogP contribution in [0.15, 0.2) is 42.5 Å². The Hall–Kier alpha value is -2.75. The molecule has 0 saturated heterocycles. The van der Waals surface area contributed by atoms with Gasteiger partial charge in [-0.25, -0.2) is 0 Å². The second kappa shape index (κ2) is 7.21. The summed E-state index contributed by atoms with van der Waals surface area (Å²) in [6.45, 7) is 6.72. The van der Waals surface area contributed by atoms with E-state index in [0.717, 1.165) is 23.0 Å². The first-order valence-corrected chi connectivity index (χ1v) is 7.82. The Morgan fingerprint density at radius 2 is 1.88 bits per heavy atom. The normalized spacial score (nSPS) is 11.0. The summed E-state index contributed by atoms with van der Waals surface area (Å²) in [4.78, 5) is 23.1. The molecule has 0 spiro atoms. The van der Waals surface area contributed by atoms with Crippen LogP contribution in [0, 0.1) is 5.41 Å². The molecule has 0 aliphatic rings. The number of benzene rings is 2. The molecule has 124 valence electrons. The fourth-order valence-electron chi connectivity index (χ4n) is 2.57. The molecule has 0 unspecified atom stereocenters. The second-order valence-corrected chi connectivity index (χ2v) is 6.74. The fraction of sp³-hybridized carbons (Fsp3) is 0.250. The van der Waals surface area contributed by atoms with Gasteiger partial charge in [0.1, 0.15) is 6.29 Å². The molecule has 0 aliphatic heterocycles. The molecule has 0 bridgehead atoms. The summed E-state index contributed by atoms with van der Waals surface area (Å²) in [5.74, 6) is -0.213. The highest BCUT2D eigenvalue weighted by molar-refractivity contribution is 5.95. The molecule has 0 atom stereocenters. The summed E-state index contributed by atoms with van der Waals surface area (Å²) in [6, 6.07) is 12.4. The van der Waals surface area contributed by atoms with Gasteiger partial charge in [0.05, 0.1) is 0 Å². The van der Waals surface area contributed by atoms with Crippen LogP contribution >= 0.6 is 0 Å². The van der Waals surface area contributed by atoms with Crippen molar-refractivity contribution in [1.82, 2.24) is 5.32 Å². The van der Waals surface area contributed by atoms with Crippen molar-refractivity contribution in [2.24, 2.45) is 0 Å². The lowest BCUT2D eigenvalue weighted by Gasteiger charge is -2.23. The molecule has 4 heteroatoms. The van der Waals surface area contributed by atoms with Crippen LogP contribution < -0.4 is 5.32 Å². The third-order valence-corrected chi connectivity index (χ3v) is 3.83. The maximum atomic E-state index is 12.3. The summed E-state index contributed by atoms with van der Waals surface area (Å²) < 4.78 is 0. The van der Waals surface area contributed by atoms with Gasteiger partial charge in [-0.1, -0.05) is 45.0 Å². The van der Waals surface area contributed by atoms with E-state index in [9.17, 15) is 9.59 Å². The zero-order valence-corrected chi connectivity index (χ0v) is 14.2. The first-order chi connectivity index (χ1) is 11.3. The van der Waals surface area contributed by atoms with Gasteiger partial charge in [-0.2, -0.15) is 0 Å². The summed E-state index contributed by atoms with van der Waals surface area (Å²) in [5, 5.41) is 10.3. The monoisotopic (exact) mass is 322 g/mol. The Morgan fingerprint density at radius 1 is 1.12 bits per heavy atom. The minimum Gasteiger partial charge on any atom is -0.348 e. The highest BCUT2D eigenvalue weighted by Crippen LogP contribution is 2.26. The van der Waals surface area contributed by atoms with Gasteiger partial charge in [0.2, 0.25) is 0 Å². The number of carbonyl (C=O) groups is 2. The molecule has 2 aromatic carbocycles. The number of carbonyl (C=O) groups excluding carboxylic acids is 2. The van der Waals surface area contributed by atoms with Crippen LogP contribution in [0.5, 0.6) is 0 Å². The van der Waals surface area contributed by atoms with Crippen molar-refractivity contribution in [2.75, 3.05) is 0 Å². The fourth-order valence-corrected chi connectivity index (χ4v) is 2.57. The van der Waals surface area contributed by atoms with Gasteiger partial charge in [-0.05, 0) is 40.3 Å². The van der Waals surface area contributed by atoms with Crippen LogP contribution in [0.4, 0.5) is 0 Å². The Labute approximate surface area is 142 Å². The number of hydrogen-bond donors (Lipinski definition) is 2. The van der Waals surface area contributed by atoms with E-state index in [-0.39, 0.29) is 11.3 Å². The lowest BCUT2D eigenvalue weighted by molar-refractivity contribution is 0.0950. The van der Waals surface area contributed by atoms with Crippen LogP contribution in [-0.2, 0) is 12.0 Å². The van der Waals surface area contributed by atoms with Gasteiger partial charge in [0, 0.05) is 23.9 Å². The van der Waals surface area contributed by atoms with Crippen molar-refractivity contribution in [1.29, 1.82) is 5.41 Å². The van der Waals surface area contributed by atoms with E-state index in [1.54, 1.807) is 24.3 Å². The highest BCUT2D eigenvalue weighted by Gasteiger charge is 2.18. The number of rotatable bonds is 5. The summed E-state index contributed by atoms with van der Waals surface area (Å²) >= 11 is 0. The molecular weight excluding hydrogens is 300 g/mol. The molecule has 4 nitrogen and oxygen atoms in total. The Balaban J connectivity index is 2.20. The zero-order chi connectivity index (χ0) is 17.7. The maximum absolute atomic E-state index is 12.3. The number of nitrogens with one attached hydrogen (secondary N) is 2. The van der Waals surface area contributed by atoms with Crippen LogP contribution in [0.3, 0.4) is 0 Å². The van der Waals surface area contributed by atoms with Crippen molar-refractivity contribution in [3.05, 3.63) is 70.3 Å². The molecule has 0 saturated carbocycles. The first kappa shape index (κ1) is 17.6. The second-order valence-electron chi connectivity index (χ2n) is 6.74. The average Bonchev–Trinajstić information content (AvgIpc) is 2.58. The van der Waals surface area contributed by atoms with Gasteiger partial charge in [-0.15, -0.1) is 0 Å².